The Hall–Kier alpha value is -2.52. The lowest BCUT2D eigenvalue weighted by Crippen LogP contribution is -2.32. The smallest absolute Gasteiger partial charge is 0.261 e. The highest BCUT2D eigenvalue weighted by Gasteiger charge is 2.14. The predicted octanol–water partition coefficient (Wildman–Crippen LogP) is 2.97. The van der Waals surface area contributed by atoms with Gasteiger partial charge in [-0.3, -0.25) is 19.7 Å². The highest BCUT2D eigenvalue weighted by molar-refractivity contribution is 9.11. The second kappa shape index (κ2) is 7.58. The van der Waals surface area contributed by atoms with E-state index in [1.165, 1.54) is 11.3 Å². The van der Waals surface area contributed by atoms with Crippen LogP contribution in [0.25, 0.3) is 11.3 Å². The summed E-state index contributed by atoms with van der Waals surface area (Å²) in [6, 6.07) is 7.19. The van der Waals surface area contributed by atoms with Gasteiger partial charge in [0, 0.05) is 23.5 Å². The maximum absolute atomic E-state index is 12.1. The molecule has 0 spiro atoms. The lowest BCUT2D eigenvalue weighted by Gasteiger charge is -2.05. The van der Waals surface area contributed by atoms with Crippen molar-refractivity contribution < 1.29 is 9.59 Å². The summed E-state index contributed by atoms with van der Waals surface area (Å²) in [5.41, 5.74) is 2.55. The van der Waals surface area contributed by atoms with Gasteiger partial charge in [-0.1, -0.05) is 0 Å². The molecule has 0 fully saturated rings. The van der Waals surface area contributed by atoms with Crippen LogP contribution in [0.3, 0.4) is 0 Å². The van der Waals surface area contributed by atoms with Gasteiger partial charge in [0.25, 0.3) is 5.91 Å². The molecule has 0 aliphatic carbocycles. The molecule has 3 rings (SSSR count). The van der Waals surface area contributed by atoms with Crippen LogP contribution in [0.4, 0.5) is 5.82 Å². The summed E-state index contributed by atoms with van der Waals surface area (Å²) in [5.74, 6) is -0.202. The Morgan fingerprint density at radius 2 is 2.00 bits per heavy atom. The van der Waals surface area contributed by atoms with Crippen LogP contribution < -0.4 is 10.6 Å². The van der Waals surface area contributed by atoms with Crippen molar-refractivity contribution in [2.75, 3.05) is 11.9 Å². The van der Waals surface area contributed by atoms with Gasteiger partial charge in [-0.25, -0.2) is 0 Å². The third-order valence-electron chi connectivity index (χ3n) is 3.44. The summed E-state index contributed by atoms with van der Waals surface area (Å²) in [6.45, 7) is 1.72. The second-order valence-corrected chi connectivity index (χ2v) is 7.61. The number of carbonyl (C=O) groups excluding carboxylic acids is 2. The first-order valence-electron chi connectivity index (χ1n) is 7.33. The van der Waals surface area contributed by atoms with Crippen molar-refractivity contribution in [1.82, 2.24) is 20.5 Å². The van der Waals surface area contributed by atoms with Gasteiger partial charge in [0.1, 0.15) is 0 Å². The SMILES string of the molecule is Cc1c(NC(=O)CNC(=O)c2ccc(Br)s2)n[nH]c1-c1ccncc1. The van der Waals surface area contributed by atoms with Gasteiger partial charge in [-0.05, 0) is 47.1 Å². The van der Waals surface area contributed by atoms with Crippen LogP contribution in [0, 0.1) is 6.92 Å². The van der Waals surface area contributed by atoms with E-state index in [1.807, 2.05) is 19.1 Å². The topological polar surface area (TPSA) is 99.8 Å². The molecule has 128 valence electrons. The minimum Gasteiger partial charge on any atom is -0.342 e. The summed E-state index contributed by atoms with van der Waals surface area (Å²) in [6.07, 6.45) is 3.37. The number of hydrogen-bond donors (Lipinski definition) is 3. The largest absolute Gasteiger partial charge is 0.342 e. The molecular formula is C16H14BrN5O2S. The molecule has 3 N–H and O–H groups in total. The Bertz CT molecular complexity index is 906. The average molecular weight is 420 g/mol. The Balaban J connectivity index is 1.60. The third-order valence-corrected chi connectivity index (χ3v) is 5.07. The van der Waals surface area contributed by atoms with Crippen molar-refractivity contribution in [3.05, 3.63) is 50.9 Å². The van der Waals surface area contributed by atoms with E-state index >= 15 is 0 Å². The quantitative estimate of drug-likeness (QED) is 0.591. The van der Waals surface area contributed by atoms with Crippen LogP contribution in [-0.4, -0.2) is 33.5 Å². The van der Waals surface area contributed by atoms with Crippen molar-refractivity contribution in [2.45, 2.75) is 6.92 Å². The first kappa shape index (κ1) is 17.3. The summed E-state index contributed by atoms with van der Waals surface area (Å²) in [4.78, 5) is 28.5. The fourth-order valence-electron chi connectivity index (χ4n) is 2.18. The van der Waals surface area contributed by atoms with Crippen LogP contribution in [0.5, 0.6) is 0 Å². The molecule has 3 aromatic rings. The predicted molar refractivity (Wildman–Crippen MR) is 99.5 cm³/mol. The molecule has 0 saturated heterocycles. The highest BCUT2D eigenvalue weighted by atomic mass is 79.9. The van der Waals surface area contributed by atoms with Crippen LogP contribution in [-0.2, 0) is 4.79 Å². The van der Waals surface area contributed by atoms with E-state index < -0.39 is 0 Å². The summed E-state index contributed by atoms with van der Waals surface area (Å²) in [7, 11) is 0. The van der Waals surface area contributed by atoms with Gasteiger partial charge >= 0.3 is 0 Å². The zero-order valence-electron chi connectivity index (χ0n) is 13.2. The molecule has 0 bridgehead atoms. The van der Waals surface area contributed by atoms with Crippen molar-refractivity contribution in [3.8, 4) is 11.3 Å². The molecule has 0 aliphatic heterocycles. The van der Waals surface area contributed by atoms with Crippen molar-refractivity contribution in [1.29, 1.82) is 0 Å². The van der Waals surface area contributed by atoms with Crippen molar-refractivity contribution in [3.63, 3.8) is 0 Å². The van der Waals surface area contributed by atoms with Gasteiger partial charge in [0.05, 0.1) is 20.9 Å². The molecule has 0 unspecified atom stereocenters. The number of halogens is 1. The number of H-pyrrole nitrogens is 1. The molecule has 25 heavy (non-hydrogen) atoms. The van der Waals surface area contributed by atoms with Gasteiger partial charge in [0.15, 0.2) is 5.82 Å². The molecule has 0 radical (unpaired) electrons. The van der Waals surface area contributed by atoms with E-state index in [9.17, 15) is 9.59 Å². The number of amides is 2. The summed E-state index contributed by atoms with van der Waals surface area (Å²) >= 11 is 4.60. The van der Waals surface area contributed by atoms with Crippen molar-refractivity contribution in [2.24, 2.45) is 0 Å². The Kier molecular flexibility index (Phi) is 5.25. The van der Waals surface area contributed by atoms with Gasteiger partial charge in [0.2, 0.25) is 5.91 Å². The van der Waals surface area contributed by atoms with E-state index in [0.717, 1.165) is 20.6 Å². The van der Waals surface area contributed by atoms with E-state index in [1.54, 1.807) is 24.5 Å². The van der Waals surface area contributed by atoms with Crippen LogP contribution in [0.2, 0.25) is 0 Å². The fraction of sp³-hybridized carbons (Fsp3) is 0.125. The van der Waals surface area contributed by atoms with Crippen LogP contribution >= 0.6 is 27.3 Å². The molecule has 0 aliphatic rings. The Morgan fingerprint density at radius 1 is 1.24 bits per heavy atom. The number of hydrogen-bond acceptors (Lipinski definition) is 5. The highest BCUT2D eigenvalue weighted by Crippen LogP contribution is 2.25. The van der Waals surface area contributed by atoms with Gasteiger partial charge in [-0.2, -0.15) is 5.10 Å². The number of carbonyl (C=O) groups is 2. The molecule has 2 amide bonds. The number of anilines is 1. The number of aromatic amines is 1. The zero-order valence-corrected chi connectivity index (χ0v) is 15.6. The molecule has 0 aromatic carbocycles. The van der Waals surface area contributed by atoms with Crippen LogP contribution in [0.15, 0.2) is 40.4 Å². The molecule has 0 atom stereocenters. The van der Waals surface area contributed by atoms with Gasteiger partial charge in [-0.15, -0.1) is 11.3 Å². The Labute approximate surface area is 156 Å². The number of thiophene rings is 1. The fourth-order valence-corrected chi connectivity index (χ4v) is 3.48. The van der Waals surface area contributed by atoms with Gasteiger partial charge < -0.3 is 10.6 Å². The number of nitrogens with one attached hydrogen (secondary N) is 3. The lowest BCUT2D eigenvalue weighted by atomic mass is 10.1. The van der Waals surface area contributed by atoms with E-state index in [-0.39, 0.29) is 18.4 Å². The molecule has 7 nitrogen and oxygen atoms in total. The second-order valence-electron chi connectivity index (χ2n) is 5.14. The summed E-state index contributed by atoms with van der Waals surface area (Å²) < 4.78 is 0.859. The maximum Gasteiger partial charge on any atom is 0.261 e. The molecule has 0 saturated carbocycles. The minimum atomic E-state index is -0.347. The first-order valence-corrected chi connectivity index (χ1v) is 8.94. The van der Waals surface area contributed by atoms with E-state index in [2.05, 4.69) is 41.7 Å². The normalized spacial score (nSPS) is 10.5. The summed E-state index contributed by atoms with van der Waals surface area (Å²) in [5, 5.41) is 12.3. The molecule has 3 aromatic heterocycles. The minimum absolute atomic E-state index is 0.134. The number of rotatable bonds is 5. The van der Waals surface area contributed by atoms with E-state index in [4.69, 9.17) is 0 Å². The third kappa shape index (κ3) is 4.12. The first-order chi connectivity index (χ1) is 12.0. The number of nitrogens with zero attached hydrogens (tertiary/aromatic N) is 2. The number of pyridine rings is 1. The number of aromatic nitrogens is 3. The van der Waals surface area contributed by atoms with Crippen LogP contribution in [0.1, 0.15) is 15.2 Å². The molecular weight excluding hydrogens is 406 g/mol. The monoisotopic (exact) mass is 419 g/mol. The average Bonchev–Trinajstić information content (AvgIpc) is 3.20. The maximum atomic E-state index is 12.1. The standard InChI is InChI=1S/C16H14BrN5O2S/c1-9-14(10-4-6-18-7-5-10)21-22-15(9)20-13(23)8-19-16(24)11-2-3-12(17)25-11/h2-7H,8H2,1H3,(H,19,24)(H2,20,21,22,23). The zero-order chi connectivity index (χ0) is 17.8. The molecule has 9 heteroatoms. The van der Waals surface area contributed by atoms with E-state index in [0.29, 0.717) is 10.7 Å². The van der Waals surface area contributed by atoms with Crippen molar-refractivity contribution >= 4 is 44.9 Å². The Morgan fingerprint density at radius 3 is 2.68 bits per heavy atom. The lowest BCUT2D eigenvalue weighted by molar-refractivity contribution is -0.115. The molecule has 3 heterocycles.